The van der Waals surface area contributed by atoms with Crippen LogP contribution in [0, 0.1) is 11.8 Å². The van der Waals surface area contributed by atoms with Crippen LogP contribution in [-0.4, -0.2) is 96.7 Å². The molecule has 0 saturated carbocycles. The van der Waals surface area contributed by atoms with Crippen LogP contribution in [-0.2, 0) is 65.4 Å². The molecule has 0 saturated heterocycles. The molecule has 3 unspecified atom stereocenters. The Morgan fingerprint density at radius 1 is 0.326 bits per heavy atom. The monoisotopic (exact) mass is 1310 g/mol. The van der Waals surface area contributed by atoms with Gasteiger partial charge in [-0.3, -0.25) is 37.3 Å². The molecule has 6 atom stereocenters. The lowest BCUT2D eigenvalue weighted by molar-refractivity contribution is -0.161. The van der Waals surface area contributed by atoms with Crippen LogP contribution in [0.25, 0.3) is 0 Å². The summed E-state index contributed by atoms with van der Waals surface area (Å²) in [5.41, 5.74) is 0. The highest BCUT2D eigenvalue weighted by Crippen LogP contribution is 2.45. The molecule has 0 amide bonds. The number of rotatable bonds is 69. The Balaban J connectivity index is 5.10. The zero-order chi connectivity index (χ0) is 65.7. The van der Waals surface area contributed by atoms with Crippen molar-refractivity contribution in [2.45, 2.75) is 374 Å². The maximum absolute atomic E-state index is 13.0. The van der Waals surface area contributed by atoms with E-state index in [2.05, 4.69) is 41.5 Å². The molecule has 89 heavy (non-hydrogen) atoms. The first-order chi connectivity index (χ1) is 42.9. The number of hydrogen-bond acceptors (Lipinski definition) is 15. The summed E-state index contributed by atoms with van der Waals surface area (Å²) in [5, 5.41) is 10.5. The number of aliphatic hydroxyl groups excluding tert-OH is 1. The lowest BCUT2D eigenvalue weighted by Gasteiger charge is -2.21. The van der Waals surface area contributed by atoms with Crippen LogP contribution in [0.15, 0.2) is 0 Å². The van der Waals surface area contributed by atoms with E-state index in [1.165, 1.54) is 148 Å². The molecule has 17 nitrogen and oxygen atoms in total. The summed E-state index contributed by atoms with van der Waals surface area (Å²) in [6.45, 7) is 9.52. The van der Waals surface area contributed by atoms with Gasteiger partial charge in [0.2, 0.25) is 0 Å². The summed E-state index contributed by atoms with van der Waals surface area (Å²) in [6, 6.07) is 0. The molecule has 0 radical (unpaired) electrons. The minimum absolute atomic E-state index is 0.103. The normalized spacial score (nSPS) is 14.4. The Hall–Kier alpha value is -1.94. The highest BCUT2D eigenvalue weighted by Gasteiger charge is 2.30. The van der Waals surface area contributed by atoms with E-state index in [0.717, 1.165) is 127 Å². The first-order valence-electron chi connectivity index (χ1n) is 36.5. The Morgan fingerprint density at radius 2 is 0.573 bits per heavy atom. The number of ether oxygens (including phenoxy) is 4. The molecular formula is C70H136O17P2. The maximum Gasteiger partial charge on any atom is 0.472 e. The zero-order valence-electron chi connectivity index (χ0n) is 57.7. The third-order valence-electron chi connectivity index (χ3n) is 16.6. The number of unbranched alkanes of at least 4 members (excludes halogenated alkanes) is 38. The Bertz CT molecular complexity index is 1740. The van der Waals surface area contributed by atoms with Crippen LogP contribution in [0.4, 0.5) is 0 Å². The van der Waals surface area contributed by atoms with Gasteiger partial charge in [-0.2, -0.15) is 0 Å². The fraction of sp³-hybridized carbons (Fsp3) is 0.943. The first kappa shape index (κ1) is 87.1. The summed E-state index contributed by atoms with van der Waals surface area (Å²) >= 11 is 0. The minimum Gasteiger partial charge on any atom is -0.462 e. The Labute approximate surface area is 543 Å². The molecule has 19 heteroatoms. The summed E-state index contributed by atoms with van der Waals surface area (Å²) in [7, 11) is -9.89. The molecule has 0 aliphatic carbocycles. The lowest BCUT2D eigenvalue weighted by atomic mass is 9.99. The maximum atomic E-state index is 13.0. The fourth-order valence-corrected chi connectivity index (χ4v) is 12.1. The average molecular weight is 1310 g/mol. The van der Waals surface area contributed by atoms with Crippen LogP contribution < -0.4 is 0 Å². The van der Waals surface area contributed by atoms with E-state index in [1.54, 1.807) is 0 Å². The molecule has 0 heterocycles. The number of aliphatic hydroxyl groups is 1. The molecule has 0 aromatic heterocycles. The van der Waals surface area contributed by atoms with Crippen molar-refractivity contribution in [2.75, 3.05) is 39.6 Å². The van der Waals surface area contributed by atoms with E-state index in [1.807, 2.05) is 0 Å². The van der Waals surface area contributed by atoms with Crippen molar-refractivity contribution in [1.82, 2.24) is 0 Å². The SMILES string of the molecule is CCCCCCCCCC(=O)OC[C@H](COP(=O)(O)OC[C@H](O)COP(=O)(O)OC[C@@H](COC(=O)CCCCCCCCCCCCC(C)C)OC(=O)CCCCCCCCCCCCCCCCCCCCC(C)CC)OC(=O)CCCCCCCCC. The highest BCUT2D eigenvalue weighted by atomic mass is 31.2. The summed E-state index contributed by atoms with van der Waals surface area (Å²) in [5.74, 6) is -0.505. The van der Waals surface area contributed by atoms with Crippen LogP contribution in [0.5, 0.6) is 0 Å². The number of carbonyl (C=O) groups is 4. The molecule has 0 aliphatic rings. The summed E-state index contributed by atoms with van der Waals surface area (Å²) < 4.78 is 68.0. The average Bonchev–Trinajstić information content (AvgIpc) is 3.59. The first-order valence-corrected chi connectivity index (χ1v) is 39.5. The van der Waals surface area contributed by atoms with Gasteiger partial charge in [0.25, 0.3) is 0 Å². The van der Waals surface area contributed by atoms with Gasteiger partial charge in [0.15, 0.2) is 12.2 Å². The summed E-state index contributed by atoms with van der Waals surface area (Å²) in [4.78, 5) is 72.2. The molecule has 528 valence electrons. The van der Waals surface area contributed by atoms with Gasteiger partial charge < -0.3 is 33.8 Å². The van der Waals surface area contributed by atoms with Crippen LogP contribution in [0.2, 0.25) is 0 Å². The van der Waals surface area contributed by atoms with Crippen molar-refractivity contribution < 1.29 is 80.2 Å². The molecule has 3 N–H and O–H groups in total. The standard InChI is InChI=1S/C70H136O17P2/c1-7-10-12-14-32-40-46-52-67(72)80-58-65(86-69(74)54-48-42-33-15-13-11-8-2)60-84-88(76,77)82-56-64(71)57-83-89(78,79)85-61-66(59-81-68(73)53-47-41-36-30-27-26-28-34-38-44-50-62(4)5)87-70(75)55-49-43-37-31-25-23-21-19-17-16-18-20-22-24-29-35-39-45-51-63(6)9-3/h62-66,71H,7-61H2,1-6H3,(H,76,77)(H,78,79)/t63?,64-,65+,66+/m0/s1. The van der Waals surface area contributed by atoms with Gasteiger partial charge in [0.05, 0.1) is 26.4 Å². The number of phosphoric ester groups is 2. The highest BCUT2D eigenvalue weighted by molar-refractivity contribution is 7.47. The van der Waals surface area contributed by atoms with E-state index in [0.29, 0.717) is 25.7 Å². The van der Waals surface area contributed by atoms with Gasteiger partial charge in [0, 0.05) is 25.7 Å². The van der Waals surface area contributed by atoms with E-state index in [9.17, 15) is 43.2 Å². The van der Waals surface area contributed by atoms with Crippen molar-refractivity contribution in [1.29, 1.82) is 0 Å². The van der Waals surface area contributed by atoms with Gasteiger partial charge in [-0.25, -0.2) is 9.13 Å². The molecule has 0 aromatic rings. The fourth-order valence-electron chi connectivity index (χ4n) is 10.6. The second-order valence-corrected chi connectivity index (χ2v) is 28.9. The number of phosphoric acid groups is 2. The topological polar surface area (TPSA) is 237 Å². The van der Waals surface area contributed by atoms with Gasteiger partial charge in [-0.1, -0.05) is 305 Å². The predicted molar refractivity (Wildman–Crippen MR) is 358 cm³/mol. The number of esters is 4. The summed E-state index contributed by atoms with van der Waals surface area (Å²) in [6.07, 6.45) is 47.6. The van der Waals surface area contributed by atoms with Crippen molar-refractivity contribution in [3.63, 3.8) is 0 Å². The van der Waals surface area contributed by atoms with E-state index in [4.69, 9.17) is 37.0 Å². The Kier molecular flexibility index (Phi) is 60.8. The molecule has 0 fully saturated rings. The molecule has 0 aromatic carbocycles. The molecule has 0 rings (SSSR count). The van der Waals surface area contributed by atoms with Gasteiger partial charge in [-0.05, 0) is 37.5 Å². The van der Waals surface area contributed by atoms with E-state index >= 15 is 0 Å². The molecule has 0 bridgehead atoms. The molecule has 0 spiro atoms. The van der Waals surface area contributed by atoms with Crippen molar-refractivity contribution >= 4 is 39.5 Å². The second kappa shape index (κ2) is 62.2. The smallest absolute Gasteiger partial charge is 0.462 e. The van der Waals surface area contributed by atoms with Crippen LogP contribution in [0.1, 0.15) is 356 Å². The minimum atomic E-state index is -4.95. The molecule has 0 aliphatic heterocycles. The van der Waals surface area contributed by atoms with Gasteiger partial charge in [0.1, 0.15) is 19.3 Å². The van der Waals surface area contributed by atoms with Gasteiger partial charge >= 0.3 is 39.5 Å². The van der Waals surface area contributed by atoms with Crippen molar-refractivity contribution in [3.8, 4) is 0 Å². The van der Waals surface area contributed by atoms with Crippen LogP contribution >= 0.6 is 15.6 Å². The quantitative estimate of drug-likeness (QED) is 0.0222. The van der Waals surface area contributed by atoms with E-state index < -0.39 is 97.5 Å². The largest absolute Gasteiger partial charge is 0.472 e. The van der Waals surface area contributed by atoms with E-state index in [-0.39, 0.29) is 25.7 Å². The lowest BCUT2D eigenvalue weighted by Crippen LogP contribution is -2.30. The second-order valence-electron chi connectivity index (χ2n) is 26.0. The number of hydrogen-bond donors (Lipinski definition) is 3. The third-order valence-corrected chi connectivity index (χ3v) is 18.5. The predicted octanol–water partition coefficient (Wildman–Crippen LogP) is 20.0. The van der Waals surface area contributed by atoms with Gasteiger partial charge in [-0.15, -0.1) is 0 Å². The third kappa shape index (κ3) is 63.2. The zero-order valence-corrected chi connectivity index (χ0v) is 59.5. The Morgan fingerprint density at radius 3 is 0.854 bits per heavy atom. The van der Waals surface area contributed by atoms with Crippen molar-refractivity contribution in [3.05, 3.63) is 0 Å². The molecular weight excluding hydrogens is 1170 g/mol. The van der Waals surface area contributed by atoms with Crippen molar-refractivity contribution in [2.24, 2.45) is 11.8 Å². The number of carbonyl (C=O) groups excluding carboxylic acids is 4. The van der Waals surface area contributed by atoms with Crippen LogP contribution in [0.3, 0.4) is 0 Å².